The first-order chi connectivity index (χ1) is 13.6. The van der Waals surface area contributed by atoms with Crippen molar-refractivity contribution in [3.05, 3.63) is 65.4 Å². The molecular formula is C22H26N2O4S. The van der Waals surface area contributed by atoms with Crippen LogP contribution in [0.3, 0.4) is 0 Å². The quantitative estimate of drug-likeness (QED) is 0.782. The van der Waals surface area contributed by atoms with Crippen LogP contribution in [0, 0.1) is 6.92 Å². The van der Waals surface area contributed by atoms with Crippen molar-refractivity contribution in [2.45, 2.75) is 44.6 Å². The number of sulfonamides is 1. The van der Waals surface area contributed by atoms with E-state index in [1.165, 1.54) is 12.1 Å². The number of amides is 1. The van der Waals surface area contributed by atoms with E-state index in [2.05, 4.69) is 5.32 Å². The number of rotatable bonds is 3. The van der Waals surface area contributed by atoms with Crippen LogP contribution in [0.15, 0.2) is 59.1 Å². The number of carbonyl (C=O) groups is 1. The summed E-state index contributed by atoms with van der Waals surface area (Å²) in [6.45, 7) is 7.49. The number of hydrogen-bond donors (Lipinski definition) is 1. The molecule has 0 saturated heterocycles. The molecule has 0 bridgehead atoms. The van der Waals surface area contributed by atoms with Crippen LogP contribution >= 0.6 is 0 Å². The zero-order valence-corrected chi connectivity index (χ0v) is 17.9. The smallest absolute Gasteiger partial charge is 0.428 e. The lowest BCUT2D eigenvalue weighted by Gasteiger charge is -2.28. The maximum Gasteiger partial charge on any atom is 0.428 e. The van der Waals surface area contributed by atoms with Crippen LogP contribution in [0.25, 0.3) is 6.08 Å². The van der Waals surface area contributed by atoms with E-state index in [0.29, 0.717) is 18.7 Å². The van der Waals surface area contributed by atoms with Crippen molar-refractivity contribution < 1.29 is 17.9 Å². The number of ether oxygens (including phenoxy) is 1. The highest BCUT2D eigenvalue weighted by Crippen LogP contribution is 2.30. The van der Waals surface area contributed by atoms with E-state index < -0.39 is 21.7 Å². The fraction of sp³-hybridized carbons (Fsp3) is 0.318. The fourth-order valence-electron chi connectivity index (χ4n) is 3.01. The zero-order valence-electron chi connectivity index (χ0n) is 17.1. The van der Waals surface area contributed by atoms with Crippen LogP contribution in [0.1, 0.15) is 38.3 Å². The topological polar surface area (TPSA) is 75.7 Å². The molecule has 3 rings (SSSR count). The third-order valence-electron chi connectivity index (χ3n) is 4.36. The van der Waals surface area contributed by atoms with Crippen molar-refractivity contribution in [2.24, 2.45) is 0 Å². The van der Waals surface area contributed by atoms with Gasteiger partial charge in [-0.3, -0.25) is 0 Å². The van der Waals surface area contributed by atoms with E-state index in [-0.39, 0.29) is 4.90 Å². The molecule has 0 radical (unpaired) electrons. The van der Waals surface area contributed by atoms with E-state index in [1.807, 2.05) is 31.2 Å². The van der Waals surface area contributed by atoms with Gasteiger partial charge < -0.3 is 10.1 Å². The number of carbonyl (C=O) groups excluding carboxylic acids is 1. The van der Waals surface area contributed by atoms with Crippen LogP contribution in [0.4, 0.5) is 10.5 Å². The third kappa shape index (κ3) is 4.79. The van der Waals surface area contributed by atoms with Crippen molar-refractivity contribution in [3.63, 3.8) is 0 Å². The lowest BCUT2D eigenvalue weighted by atomic mass is 10.1. The van der Waals surface area contributed by atoms with E-state index in [0.717, 1.165) is 21.1 Å². The SMILES string of the molecule is Cc1ccc(S(=O)(=O)N(C(=O)OC(C)(C)C)C2=Cc3ccccc3NCC2)cc1. The number of hydrogen-bond acceptors (Lipinski definition) is 5. The summed E-state index contributed by atoms with van der Waals surface area (Å²) in [4.78, 5) is 13.1. The zero-order chi connectivity index (χ0) is 21.2. The van der Waals surface area contributed by atoms with Crippen LogP contribution < -0.4 is 5.32 Å². The first-order valence-corrected chi connectivity index (χ1v) is 10.9. The molecule has 0 saturated carbocycles. The van der Waals surface area contributed by atoms with Gasteiger partial charge in [-0.1, -0.05) is 35.9 Å². The minimum atomic E-state index is -4.15. The summed E-state index contributed by atoms with van der Waals surface area (Å²) in [6.07, 6.45) is 1.16. The number of fused-ring (bicyclic) bond motifs is 1. The second-order valence-electron chi connectivity index (χ2n) is 7.96. The summed E-state index contributed by atoms with van der Waals surface area (Å²) in [5.74, 6) is 0. The Labute approximate surface area is 172 Å². The highest BCUT2D eigenvalue weighted by Gasteiger charge is 2.36. The van der Waals surface area contributed by atoms with E-state index in [9.17, 15) is 13.2 Å². The van der Waals surface area contributed by atoms with Crippen LogP contribution in [0.5, 0.6) is 0 Å². The van der Waals surface area contributed by atoms with Crippen LogP contribution in [-0.2, 0) is 14.8 Å². The van der Waals surface area contributed by atoms with Crippen molar-refractivity contribution in [1.29, 1.82) is 0 Å². The second-order valence-corrected chi connectivity index (χ2v) is 9.75. The Morgan fingerprint density at radius 1 is 1.07 bits per heavy atom. The monoisotopic (exact) mass is 414 g/mol. The molecular weight excluding hydrogens is 388 g/mol. The van der Waals surface area contributed by atoms with Crippen LogP contribution in [0.2, 0.25) is 0 Å². The third-order valence-corrected chi connectivity index (χ3v) is 6.09. The van der Waals surface area contributed by atoms with E-state index >= 15 is 0 Å². The summed E-state index contributed by atoms with van der Waals surface area (Å²) in [5, 5.41) is 3.27. The maximum atomic E-state index is 13.5. The fourth-order valence-corrected chi connectivity index (χ4v) is 4.39. The molecule has 1 N–H and O–H groups in total. The molecule has 1 heterocycles. The molecule has 1 aliphatic heterocycles. The van der Waals surface area contributed by atoms with Gasteiger partial charge in [-0.15, -0.1) is 0 Å². The lowest BCUT2D eigenvalue weighted by Crippen LogP contribution is -2.40. The number of nitrogens with zero attached hydrogens (tertiary/aromatic N) is 1. The lowest BCUT2D eigenvalue weighted by molar-refractivity contribution is 0.0427. The molecule has 0 atom stereocenters. The molecule has 0 unspecified atom stereocenters. The van der Waals surface area contributed by atoms with Gasteiger partial charge in [-0.2, -0.15) is 4.31 Å². The molecule has 7 heteroatoms. The largest absolute Gasteiger partial charge is 0.443 e. The molecule has 0 aliphatic carbocycles. The Morgan fingerprint density at radius 3 is 2.38 bits per heavy atom. The van der Waals surface area contributed by atoms with Gasteiger partial charge in [-0.05, 0) is 57.5 Å². The van der Waals surface area contributed by atoms with Gasteiger partial charge in [-0.25, -0.2) is 13.2 Å². The Balaban J connectivity index is 2.12. The number of anilines is 1. The predicted octanol–water partition coefficient (Wildman–Crippen LogP) is 4.78. The maximum absolute atomic E-state index is 13.5. The Bertz CT molecular complexity index is 1040. The molecule has 6 nitrogen and oxygen atoms in total. The first-order valence-electron chi connectivity index (χ1n) is 9.46. The van der Waals surface area contributed by atoms with Gasteiger partial charge in [0.15, 0.2) is 0 Å². The standard InChI is InChI=1S/C22H26N2O4S/c1-16-9-11-19(12-10-16)29(26,27)24(21(25)28-22(2,3)4)18-13-14-23-20-8-6-5-7-17(20)15-18/h5-12,15,23H,13-14H2,1-4H3. The second kappa shape index (κ2) is 7.91. The van der Waals surface area contributed by atoms with E-state index in [4.69, 9.17) is 4.74 Å². The summed E-state index contributed by atoms with van der Waals surface area (Å²) in [6, 6.07) is 14.0. The van der Waals surface area contributed by atoms with Crippen LogP contribution in [-0.4, -0.2) is 31.0 Å². The predicted molar refractivity (Wildman–Crippen MR) is 114 cm³/mol. The molecule has 1 amide bonds. The van der Waals surface area contributed by atoms with Gasteiger partial charge in [0, 0.05) is 24.4 Å². The van der Waals surface area contributed by atoms with Gasteiger partial charge in [0.25, 0.3) is 10.0 Å². The summed E-state index contributed by atoms with van der Waals surface area (Å²) < 4.78 is 33.2. The van der Waals surface area contributed by atoms with Gasteiger partial charge in [0.2, 0.25) is 0 Å². The Morgan fingerprint density at radius 2 is 1.72 bits per heavy atom. The molecule has 29 heavy (non-hydrogen) atoms. The highest BCUT2D eigenvalue weighted by molar-refractivity contribution is 7.89. The van der Waals surface area contributed by atoms with Crippen molar-refractivity contribution in [3.8, 4) is 0 Å². The number of benzene rings is 2. The molecule has 2 aromatic rings. The molecule has 2 aromatic carbocycles. The average molecular weight is 415 g/mol. The first kappa shape index (κ1) is 20.9. The molecule has 0 spiro atoms. The number of aryl methyl sites for hydroxylation is 1. The van der Waals surface area contributed by atoms with Gasteiger partial charge >= 0.3 is 6.09 Å². The van der Waals surface area contributed by atoms with Crippen molar-refractivity contribution in [1.82, 2.24) is 4.31 Å². The molecule has 0 aromatic heterocycles. The van der Waals surface area contributed by atoms with Gasteiger partial charge in [0.05, 0.1) is 4.90 Å². The van der Waals surface area contributed by atoms with Gasteiger partial charge in [0.1, 0.15) is 5.60 Å². The van der Waals surface area contributed by atoms with Crippen molar-refractivity contribution in [2.75, 3.05) is 11.9 Å². The minimum Gasteiger partial charge on any atom is -0.443 e. The van der Waals surface area contributed by atoms with E-state index in [1.54, 1.807) is 39.0 Å². The normalized spacial score (nSPS) is 14.1. The summed E-state index contributed by atoms with van der Waals surface area (Å²) in [5.41, 5.74) is 2.16. The molecule has 1 aliphatic rings. The number of para-hydroxylation sites is 1. The Kier molecular flexibility index (Phi) is 5.71. The van der Waals surface area contributed by atoms with Crippen molar-refractivity contribution >= 4 is 27.9 Å². The molecule has 154 valence electrons. The summed E-state index contributed by atoms with van der Waals surface area (Å²) in [7, 11) is -4.15. The molecule has 0 fully saturated rings. The Hall–Kier alpha value is -2.80. The highest BCUT2D eigenvalue weighted by atomic mass is 32.2. The summed E-state index contributed by atoms with van der Waals surface area (Å²) >= 11 is 0. The number of nitrogens with one attached hydrogen (secondary N) is 1. The average Bonchev–Trinajstić information content (AvgIpc) is 2.82. The minimum absolute atomic E-state index is 0.0420.